The first kappa shape index (κ1) is 19.5. The molecule has 3 aromatic rings. The van der Waals surface area contributed by atoms with Gasteiger partial charge in [-0.2, -0.15) is 9.61 Å². The first-order valence-corrected chi connectivity index (χ1v) is 10.5. The molecule has 0 spiro atoms. The van der Waals surface area contributed by atoms with Crippen LogP contribution in [0.4, 0.5) is 21.7 Å². The minimum atomic E-state index is -0.996. The molecule has 2 aliphatic rings. The van der Waals surface area contributed by atoms with Crippen molar-refractivity contribution >= 4 is 28.9 Å². The van der Waals surface area contributed by atoms with Gasteiger partial charge >= 0.3 is 0 Å². The molecule has 0 aliphatic heterocycles. The largest absolute Gasteiger partial charge is 0.373 e. The molecular weight excluding hydrogens is 401 g/mol. The number of aromatic nitrogens is 4. The molecule has 2 unspecified atom stereocenters. The highest BCUT2D eigenvalue weighted by Gasteiger charge is 2.39. The monoisotopic (exact) mass is 425 g/mol. The molecule has 0 aromatic carbocycles. The number of nitrogens with zero attached hydrogens (tertiary/aromatic N) is 4. The Balaban J connectivity index is 1.49. The van der Waals surface area contributed by atoms with Crippen LogP contribution in [-0.4, -0.2) is 44.3 Å². The topological polar surface area (TPSA) is 105 Å². The fourth-order valence-corrected chi connectivity index (χ4v) is 4.14. The second kappa shape index (κ2) is 7.68. The van der Waals surface area contributed by atoms with E-state index in [1.165, 1.54) is 10.7 Å². The molecule has 0 radical (unpaired) electrons. The molecule has 1 amide bonds. The van der Waals surface area contributed by atoms with Crippen LogP contribution in [0.25, 0.3) is 5.65 Å². The molecule has 0 saturated heterocycles. The number of alkyl halides is 1. The molecule has 2 aliphatic carbocycles. The summed E-state index contributed by atoms with van der Waals surface area (Å²) < 4.78 is 16.5. The van der Waals surface area contributed by atoms with E-state index >= 15 is 0 Å². The number of carbonyl (C=O) groups is 1. The van der Waals surface area contributed by atoms with Gasteiger partial charge in [0, 0.05) is 31.8 Å². The van der Waals surface area contributed by atoms with Crippen LogP contribution in [0.1, 0.15) is 48.5 Å². The Morgan fingerprint density at radius 1 is 1.29 bits per heavy atom. The summed E-state index contributed by atoms with van der Waals surface area (Å²) in [6, 6.07) is 5.06. The Hall–Kier alpha value is -3.43. The molecule has 2 fully saturated rings. The van der Waals surface area contributed by atoms with Crippen LogP contribution >= 0.6 is 0 Å². The van der Waals surface area contributed by atoms with E-state index in [0.29, 0.717) is 29.4 Å². The molecule has 2 atom stereocenters. The molecular formula is C21H24FN7O2. The second-order valence-electron chi connectivity index (χ2n) is 8.10. The molecule has 3 aromatic heterocycles. The van der Waals surface area contributed by atoms with Crippen molar-refractivity contribution in [3.63, 3.8) is 0 Å². The molecule has 10 heteroatoms. The molecule has 0 bridgehead atoms. The molecule has 3 heterocycles. The highest BCUT2D eigenvalue weighted by molar-refractivity contribution is 6.00. The first-order valence-electron chi connectivity index (χ1n) is 10.5. The average molecular weight is 425 g/mol. The van der Waals surface area contributed by atoms with Gasteiger partial charge in [-0.15, -0.1) is 0 Å². The minimum Gasteiger partial charge on any atom is -0.373 e. The summed E-state index contributed by atoms with van der Waals surface area (Å²) in [7, 11) is 1.73. The number of pyridine rings is 1. The molecule has 9 nitrogen and oxygen atoms in total. The van der Waals surface area contributed by atoms with Crippen LogP contribution in [0.2, 0.25) is 0 Å². The standard InChI is InChI=1S/C21H24FN7O2/c1-23-18-10-17(25-15-7-4-8-28(21(15)31)12-5-2-3-6-12)27-19-13(11-24-29(18)19)20(30)26-16-9-14(16)22/h4,7-8,10-12,14,16,23H,2-3,5-6,9H2,1H3,(H,25,27)(H,26,30). The summed E-state index contributed by atoms with van der Waals surface area (Å²) in [6.07, 6.45) is 6.85. The van der Waals surface area contributed by atoms with Crippen LogP contribution in [0.5, 0.6) is 0 Å². The van der Waals surface area contributed by atoms with Crippen LogP contribution in [0.3, 0.4) is 0 Å². The Morgan fingerprint density at radius 2 is 2.06 bits per heavy atom. The Morgan fingerprint density at radius 3 is 2.77 bits per heavy atom. The van der Waals surface area contributed by atoms with Gasteiger partial charge in [0.15, 0.2) is 5.65 Å². The quantitative estimate of drug-likeness (QED) is 0.561. The maximum atomic E-state index is 13.2. The van der Waals surface area contributed by atoms with Crippen LogP contribution in [0.15, 0.2) is 35.4 Å². The van der Waals surface area contributed by atoms with Crippen molar-refractivity contribution in [3.05, 3.63) is 46.5 Å². The van der Waals surface area contributed by atoms with Crippen LogP contribution in [0, 0.1) is 0 Å². The van der Waals surface area contributed by atoms with Crippen molar-refractivity contribution in [1.82, 2.24) is 24.5 Å². The van der Waals surface area contributed by atoms with Crippen molar-refractivity contribution < 1.29 is 9.18 Å². The summed E-state index contributed by atoms with van der Waals surface area (Å²) in [5, 5.41) is 13.0. The maximum Gasteiger partial charge on any atom is 0.274 e. The smallest absolute Gasteiger partial charge is 0.274 e. The van der Waals surface area contributed by atoms with E-state index < -0.39 is 18.1 Å². The summed E-state index contributed by atoms with van der Waals surface area (Å²) >= 11 is 0. The zero-order valence-corrected chi connectivity index (χ0v) is 17.1. The number of hydrogen-bond acceptors (Lipinski definition) is 6. The lowest BCUT2D eigenvalue weighted by Crippen LogP contribution is -2.27. The fourth-order valence-electron chi connectivity index (χ4n) is 4.14. The third-order valence-corrected chi connectivity index (χ3v) is 5.96. The number of hydrogen-bond donors (Lipinski definition) is 3. The molecule has 31 heavy (non-hydrogen) atoms. The van der Waals surface area contributed by atoms with Crippen molar-refractivity contribution in [3.8, 4) is 0 Å². The van der Waals surface area contributed by atoms with Gasteiger partial charge in [-0.25, -0.2) is 9.37 Å². The normalized spacial score (nSPS) is 20.7. The van der Waals surface area contributed by atoms with Crippen molar-refractivity contribution in [2.45, 2.75) is 50.4 Å². The van der Waals surface area contributed by atoms with E-state index in [0.717, 1.165) is 25.7 Å². The van der Waals surface area contributed by atoms with Gasteiger partial charge < -0.3 is 20.5 Å². The minimum absolute atomic E-state index is 0.101. The van der Waals surface area contributed by atoms with Crippen molar-refractivity contribution in [1.29, 1.82) is 0 Å². The number of rotatable bonds is 6. The van der Waals surface area contributed by atoms with Crippen molar-refractivity contribution in [2.24, 2.45) is 0 Å². The van der Waals surface area contributed by atoms with E-state index in [1.54, 1.807) is 23.7 Å². The lowest BCUT2D eigenvalue weighted by molar-refractivity contribution is 0.0949. The number of amides is 1. The van der Waals surface area contributed by atoms with Crippen LogP contribution in [-0.2, 0) is 0 Å². The predicted molar refractivity (Wildman–Crippen MR) is 115 cm³/mol. The lowest BCUT2D eigenvalue weighted by atomic mass is 10.2. The molecule has 162 valence electrons. The lowest BCUT2D eigenvalue weighted by Gasteiger charge is -2.15. The van der Waals surface area contributed by atoms with Crippen molar-refractivity contribution in [2.75, 3.05) is 17.7 Å². The Labute approximate surface area is 177 Å². The van der Waals surface area contributed by atoms with Gasteiger partial charge in [0.05, 0.1) is 12.2 Å². The van der Waals surface area contributed by atoms with E-state index in [9.17, 15) is 14.0 Å². The predicted octanol–water partition coefficient (Wildman–Crippen LogP) is 2.63. The number of halogens is 1. The first-order chi connectivity index (χ1) is 15.0. The summed E-state index contributed by atoms with van der Waals surface area (Å²) in [5.41, 5.74) is 0.874. The van der Waals surface area contributed by atoms with Crippen LogP contribution < -0.4 is 21.5 Å². The second-order valence-corrected chi connectivity index (χ2v) is 8.10. The highest BCUT2D eigenvalue weighted by atomic mass is 19.1. The summed E-state index contributed by atoms with van der Waals surface area (Å²) in [5.74, 6) is 0.575. The van der Waals surface area contributed by atoms with E-state index in [4.69, 9.17) is 0 Å². The third-order valence-electron chi connectivity index (χ3n) is 5.96. The molecule has 2 saturated carbocycles. The average Bonchev–Trinajstić information content (AvgIpc) is 3.18. The van der Waals surface area contributed by atoms with Gasteiger partial charge in [-0.3, -0.25) is 9.59 Å². The van der Waals surface area contributed by atoms with Gasteiger partial charge in [0.1, 0.15) is 29.1 Å². The van der Waals surface area contributed by atoms with Gasteiger partial charge in [-0.05, 0) is 25.0 Å². The molecule has 3 N–H and O–H groups in total. The molecule has 5 rings (SSSR count). The number of nitrogens with one attached hydrogen (secondary N) is 3. The SMILES string of the molecule is CNc1cc(Nc2cccn(C3CCCC3)c2=O)nc2c(C(=O)NC3CC3F)cnn12. The zero-order chi connectivity index (χ0) is 21.5. The number of carbonyl (C=O) groups excluding carboxylic acids is 1. The number of fused-ring (bicyclic) bond motifs is 1. The van der Waals surface area contributed by atoms with E-state index in [1.807, 2.05) is 12.3 Å². The van der Waals surface area contributed by atoms with Gasteiger partial charge in [0.25, 0.3) is 11.5 Å². The maximum absolute atomic E-state index is 13.2. The summed E-state index contributed by atoms with van der Waals surface area (Å²) in [4.78, 5) is 30.1. The fraction of sp³-hybridized carbons (Fsp3) is 0.429. The zero-order valence-electron chi connectivity index (χ0n) is 17.1. The Kier molecular flexibility index (Phi) is 4.84. The van der Waals surface area contributed by atoms with Gasteiger partial charge in [0.2, 0.25) is 0 Å². The van der Waals surface area contributed by atoms with E-state index in [-0.39, 0.29) is 17.2 Å². The summed E-state index contributed by atoms with van der Waals surface area (Å²) in [6.45, 7) is 0. The Bertz CT molecular complexity index is 1200. The third kappa shape index (κ3) is 3.62. The highest BCUT2D eigenvalue weighted by Crippen LogP contribution is 2.29. The number of anilines is 3. The van der Waals surface area contributed by atoms with E-state index in [2.05, 4.69) is 26.0 Å². The van der Waals surface area contributed by atoms with Gasteiger partial charge in [-0.1, -0.05) is 12.8 Å².